The van der Waals surface area contributed by atoms with Gasteiger partial charge in [-0.05, 0) is 29.5 Å². The first kappa shape index (κ1) is 12.6. The Morgan fingerprint density at radius 1 is 0.944 bits per heavy atom. The topological polar surface area (TPSA) is 20.2 Å². The van der Waals surface area contributed by atoms with E-state index in [1.807, 2.05) is 36.4 Å². The molecule has 92 valence electrons. The molecular formula is C17H18O. The summed E-state index contributed by atoms with van der Waals surface area (Å²) in [7, 11) is 0. The molecule has 0 aliphatic heterocycles. The Bertz CT molecular complexity index is 485. The highest BCUT2D eigenvalue weighted by Crippen LogP contribution is 2.23. The molecule has 2 aromatic carbocycles. The van der Waals surface area contributed by atoms with Crippen molar-refractivity contribution in [3.05, 3.63) is 72.8 Å². The molecule has 0 spiro atoms. The molecule has 2 rings (SSSR count). The largest absolute Gasteiger partial charge is 0.388 e. The molecule has 0 saturated heterocycles. The number of aliphatic hydroxyl groups excluding tert-OH is 1. The Kier molecular flexibility index (Phi) is 4.32. The molecule has 0 radical (unpaired) electrons. The molecule has 0 aliphatic carbocycles. The van der Waals surface area contributed by atoms with E-state index in [-0.39, 0.29) is 0 Å². The molecule has 0 heterocycles. The van der Waals surface area contributed by atoms with Gasteiger partial charge in [0.1, 0.15) is 0 Å². The minimum atomic E-state index is -0.396. The summed E-state index contributed by atoms with van der Waals surface area (Å²) in [5.74, 6) is 0. The minimum Gasteiger partial charge on any atom is -0.388 e. The number of hydrogen-bond acceptors (Lipinski definition) is 1. The van der Waals surface area contributed by atoms with E-state index in [1.54, 1.807) is 0 Å². The fourth-order valence-electron chi connectivity index (χ4n) is 1.97. The molecule has 1 unspecified atom stereocenters. The summed E-state index contributed by atoms with van der Waals surface area (Å²) in [5.41, 5.74) is 3.34. The highest BCUT2D eigenvalue weighted by molar-refractivity contribution is 5.63. The van der Waals surface area contributed by atoms with E-state index >= 15 is 0 Å². The zero-order chi connectivity index (χ0) is 12.8. The Labute approximate surface area is 108 Å². The van der Waals surface area contributed by atoms with Crippen molar-refractivity contribution >= 4 is 0 Å². The summed E-state index contributed by atoms with van der Waals surface area (Å²) in [6.45, 7) is 3.67. The first-order valence-electron chi connectivity index (χ1n) is 6.25. The summed E-state index contributed by atoms with van der Waals surface area (Å²) >= 11 is 0. The van der Waals surface area contributed by atoms with Gasteiger partial charge in [0.15, 0.2) is 0 Å². The van der Waals surface area contributed by atoms with E-state index in [4.69, 9.17) is 0 Å². The van der Waals surface area contributed by atoms with Crippen LogP contribution in [0.25, 0.3) is 11.1 Å². The van der Waals surface area contributed by atoms with Gasteiger partial charge in [0.25, 0.3) is 0 Å². The predicted molar refractivity (Wildman–Crippen MR) is 76.3 cm³/mol. The molecule has 0 amide bonds. The Hall–Kier alpha value is -1.86. The average Bonchev–Trinajstić information content (AvgIpc) is 2.46. The molecule has 18 heavy (non-hydrogen) atoms. The Morgan fingerprint density at radius 3 is 2.17 bits per heavy atom. The maximum absolute atomic E-state index is 9.97. The quantitative estimate of drug-likeness (QED) is 0.768. The second kappa shape index (κ2) is 6.18. The predicted octanol–water partition coefficient (Wildman–Crippen LogP) is 4.35. The lowest BCUT2D eigenvalue weighted by Crippen LogP contribution is -1.96. The van der Waals surface area contributed by atoms with Gasteiger partial charge >= 0.3 is 0 Å². The Morgan fingerprint density at radius 2 is 1.56 bits per heavy atom. The van der Waals surface area contributed by atoms with Gasteiger partial charge in [0, 0.05) is 0 Å². The van der Waals surface area contributed by atoms with Crippen molar-refractivity contribution in [3.8, 4) is 11.1 Å². The number of rotatable bonds is 5. The van der Waals surface area contributed by atoms with Gasteiger partial charge in [-0.3, -0.25) is 0 Å². The van der Waals surface area contributed by atoms with Gasteiger partial charge in [-0.25, -0.2) is 0 Å². The molecule has 0 aromatic heterocycles. The van der Waals surface area contributed by atoms with Crippen LogP contribution in [0.5, 0.6) is 0 Å². The lowest BCUT2D eigenvalue weighted by Gasteiger charge is -2.10. The van der Waals surface area contributed by atoms with Gasteiger partial charge in [0.2, 0.25) is 0 Å². The van der Waals surface area contributed by atoms with E-state index in [0.717, 1.165) is 18.4 Å². The van der Waals surface area contributed by atoms with Crippen LogP contribution in [0.2, 0.25) is 0 Å². The van der Waals surface area contributed by atoms with Crippen molar-refractivity contribution in [3.63, 3.8) is 0 Å². The fraction of sp³-hybridized carbons (Fsp3) is 0.176. The van der Waals surface area contributed by atoms with Crippen LogP contribution in [0.1, 0.15) is 24.5 Å². The van der Waals surface area contributed by atoms with Crippen LogP contribution in [0.3, 0.4) is 0 Å². The van der Waals surface area contributed by atoms with E-state index in [0.29, 0.717) is 0 Å². The van der Waals surface area contributed by atoms with E-state index in [1.165, 1.54) is 11.1 Å². The molecule has 2 aromatic rings. The van der Waals surface area contributed by atoms with Crippen LogP contribution in [-0.2, 0) is 0 Å². The van der Waals surface area contributed by atoms with Crippen LogP contribution in [0, 0.1) is 0 Å². The van der Waals surface area contributed by atoms with Crippen LogP contribution in [0.15, 0.2) is 67.3 Å². The molecule has 0 bridgehead atoms. The van der Waals surface area contributed by atoms with Crippen molar-refractivity contribution in [2.45, 2.75) is 18.9 Å². The summed E-state index contributed by atoms with van der Waals surface area (Å²) in [6.07, 6.45) is 3.00. The van der Waals surface area contributed by atoms with E-state index < -0.39 is 6.10 Å². The van der Waals surface area contributed by atoms with Gasteiger partial charge in [-0.15, -0.1) is 6.58 Å². The van der Waals surface area contributed by atoms with Crippen molar-refractivity contribution < 1.29 is 5.11 Å². The molecule has 0 aliphatic rings. The third kappa shape index (κ3) is 3.08. The lowest BCUT2D eigenvalue weighted by atomic mass is 10.00. The van der Waals surface area contributed by atoms with Gasteiger partial charge in [-0.1, -0.05) is 60.7 Å². The van der Waals surface area contributed by atoms with Gasteiger partial charge < -0.3 is 5.11 Å². The first-order chi connectivity index (χ1) is 8.81. The zero-order valence-electron chi connectivity index (χ0n) is 10.4. The maximum Gasteiger partial charge on any atom is 0.0793 e. The van der Waals surface area contributed by atoms with Gasteiger partial charge in [-0.2, -0.15) is 0 Å². The number of allylic oxidation sites excluding steroid dienone is 1. The standard InChI is InChI=1S/C17H18O/c1-2-3-9-17(18)16-12-10-15(11-13-16)14-7-5-4-6-8-14/h2,4-8,10-13,17-18H,1,3,9H2. The summed E-state index contributed by atoms with van der Waals surface area (Å²) in [4.78, 5) is 0. The third-order valence-electron chi connectivity index (χ3n) is 3.05. The molecule has 1 N–H and O–H groups in total. The third-order valence-corrected chi connectivity index (χ3v) is 3.05. The van der Waals surface area contributed by atoms with Crippen LogP contribution < -0.4 is 0 Å². The van der Waals surface area contributed by atoms with Crippen molar-refractivity contribution in [2.24, 2.45) is 0 Å². The lowest BCUT2D eigenvalue weighted by molar-refractivity contribution is 0.169. The summed E-state index contributed by atoms with van der Waals surface area (Å²) in [6, 6.07) is 18.4. The van der Waals surface area contributed by atoms with Crippen LogP contribution in [-0.4, -0.2) is 5.11 Å². The molecule has 0 saturated carbocycles. The van der Waals surface area contributed by atoms with Crippen molar-refractivity contribution in [1.82, 2.24) is 0 Å². The highest BCUT2D eigenvalue weighted by atomic mass is 16.3. The minimum absolute atomic E-state index is 0.396. The second-order valence-corrected chi connectivity index (χ2v) is 4.37. The second-order valence-electron chi connectivity index (χ2n) is 4.37. The van der Waals surface area contributed by atoms with Gasteiger partial charge in [0.05, 0.1) is 6.10 Å². The molecule has 0 fully saturated rings. The highest BCUT2D eigenvalue weighted by Gasteiger charge is 2.06. The number of benzene rings is 2. The molecule has 1 atom stereocenters. The number of aliphatic hydroxyl groups is 1. The smallest absolute Gasteiger partial charge is 0.0793 e. The SMILES string of the molecule is C=CCCC(O)c1ccc(-c2ccccc2)cc1. The summed E-state index contributed by atoms with van der Waals surface area (Å²) in [5, 5.41) is 9.97. The van der Waals surface area contributed by atoms with Crippen LogP contribution in [0.4, 0.5) is 0 Å². The fourth-order valence-corrected chi connectivity index (χ4v) is 1.97. The normalized spacial score (nSPS) is 12.1. The maximum atomic E-state index is 9.97. The Balaban J connectivity index is 2.13. The monoisotopic (exact) mass is 238 g/mol. The van der Waals surface area contributed by atoms with E-state index in [2.05, 4.69) is 30.8 Å². The average molecular weight is 238 g/mol. The van der Waals surface area contributed by atoms with E-state index in [9.17, 15) is 5.11 Å². The molecule has 1 nitrogen and oxygen atoms in total. The number of hydrogen-bond donors (Lipinski definition) is 1. The molecule has 1 heteroatoms. The van der Waals surface area contributed by atoms with Crippen molar-refractivity contribution in [1.29, 1.82) is 0 Å². The first-order valence-corrected chi connectivity index (χ1v) is 6.25. The molecular weight excluding hydrogens is 220 g/mol. The zero-order valence-corrected chi connectivity index (χ0v) is 10.4. The summed E-state index contributed by atoms with van der Waals surface area (Å²) < 4.78 is 0. The van der Waals surface area contributed by atoms with Crippen LogP contribution >= 0.6 is 0 Å². The van der Waals surface area contributed by atoms with Crippen molar-refractivity contribution in [2.75, 3.05) is 0 Å².